The molecular weight excluding hydrogens is 408 g/mol. The summed E-state index contributed by atoms with van der Waals surface area (Å²) in [6.07, 6.45) is 0. The van der Waals surface area contributed by atoms with Crippen LogP contribution >= 0.6 is 0 Å². The van der Waals surface area contributed by atoms with Crippen LogP contribution in [0.5, 0.6) is 0 Å². The Hall–Kier alpha value is -4.46. The first-order valence-electron chi connectivity index (χ1n) is 9.92. The highest BCUT2D eigenvalue weighted by atomic mass is 16.6. The Morgan fingerprint density at radius 2 is 1.75 bits per heavy atom. The van der Waals surface area contributed by atoms with Gasteiger partial charge in [0.15, 0.2) is 0 Å². The Morgan fingerprint density at radius 3 is 2.41 bits per heavy atom. The van der Waals surface area contributed by atoms with Crippen LogP contribution in [0.1, 0.15) is 23.6 Å². The van der Waals surface area contributed by atoms with Crippen LogP contribution < -0.4 is 16.0 Å². The van der Waals surface area contributed by atoms with Gasteiger partial charge in [-0.2, -0.15) is 0 Å². The van der Waals surface area contributed by atoms with E-state index in [4.69, 9.17) is 0 Å². The number of nitrogens with one attached hydrogen (secondary N) is 3. The number of carbonyl (C=O) groups is 2. The minimum Gasteiger partial charge on any atom is -0.354 e. The highest BCUT2D eigenvalue weighted by molar-refractivity contribution is 6.37. The van der Waals surface area contributed by atoms with E-state index in [-0.39, 0.29) is 17.5 Å². The fraction of sp³-hybridized carbons (Fsp3) is 0.0833. The van der Waals surface area contributed by atoms with Crippen molar-refractivity contribution in [1.29, 1.82) is 0 Å². The van der Waals surface area contributed by atoms with E-state index in [1.165, 1.54) is 25.1 Å². The molecule has 3 aromatic carbocycles. The van der Waals surface area contributed by atoms with Gasteiger partial charge in [-0.15, -0.1) is 0 Å². The van der Waals surface area contributed by atoms with Crippen molar-refractivity contribution in [2.75, 3.05) is 10.6 Å². The summed E-state index contributed by atoms with van der Waals surface area (Å²) in [6, 6.07) is 21.1. The van der Waals surface area contributed by atoms with Gasteiger partial charge in [-0.25, -0.2) is 0 Å². The predicted molar refractivity (Wildman–Crippen MR) is 123 cm³/mol. The molecule has 0 bridgehead atoms. The Morgan fingerprint density at radius 1 is 1.03 bits per heavy atom. The summed E-state index contributed by atoms with van der Waals surface area (Å²) in [5.41, 5.74) is 4.20. The van der Waals surface area contributed by atoms with Gasteiger partial charge in [-0.3, -0.25) is 19.7 Å². The quantitative estimate of drug-likeness (QED) is 0.310. The number of hydrogen-bond donors (Lipinski definition) is 3. The highest BCUT2D eigenvalue weighted by Crippen LogP contribution is 2.39. The molecule has 8 heteroatoms. The lowest BCUT2D eigenvalue weighted by Gasteiger charge is -2.15. The summed E-state index contributed by atoms with van der Waals surface area (Å²) in [7, 11) is 0. The first kappa shape index (κ1) is 20.8. The normalized spacial score (nSPS) is 13.7. The third-order valence-electron chi connectivity index (χ3n) is 5.04. The zero-order valence-corrected chi connectivity index (χ0v) is 17.2. The third kappa shape index (κ3) is 4.34. The summed E-state index contributed by atoms with van der Waals surface area (Å²) >= 11 is 0. The van der Waals surface area contributed by atoms with Crippen LogP contribution in [-0.2, 0) is 16.1 Å². The maximum absolute atomic E-state index is 12.9. The smallest absolute Gasteiger partial charge is 0.270 e. The summed E-state index contributed by atoms with van der Waals surface area (Å²) in [5, 5.41) is 20.1. The van der Waals surface area contributed by atoms with Gasteiger partial charge >= 0.3 is 0 Å². The van der Waals surface area contributed by atoms with Crippen LogP contribution in [0, 0.1) is 10.1 Å². The number of hydrogen-bond acceptors (Lipinski definition) is 5. The number of fused-ring (bicyclic) bond motifs is 1. The Bertz CT molecular complexity index is 1230. The summed E-state index contributed by atoms with van der Waals surface area (Å²) < 4.78 is 0. The van der Waals surface area contributed by atoms with Crippen LogP contribution in [0.3, 0.4) is 0 Å². The molecule has 0 atom stereocenters. The maximum Gasteiger partial charge on any atom is 0.270 e. The zero-order chi connectivity index (χ0) is 22.7. The Labute approximate surface area is 184 Å². The van der Waals surface area contributed by atoms with Crippen molar-refractivity contribution in [3.05, 3.63) is 99.6 Å². The Kier molecular flexibility index (Phi) is 5.67. The molecule has 0 spiro atoms. The monoisotopic (exact) mass is 428 g/mol. The molecule has 1 aliphatic heterocycles. The fourth-order valence-corrected chi connectivity index (χ4v) is 3.48. The molecule has 1 heterocycles. The molecule has 0 aromatic heterocycles. The fourth-order valence-electron chi connectivity index (χ4n) is 3.48. The highest BCUT2D eigenvalue weighted by Gasteiger charge is 2.30. The largest absolute Gasteiger partial charge is 0.354 e. The molecule has 3 N–H and O–H groups in total. The molecule has 160 valence electrons. The van der Waals surface area contributed by atoms with Crippen molar-refractivity contribution >= 4 is 40.1 Å². The van der Waals surface area contributed by atoms with Crippen molar-refractivity contribution in [3.8, 4) is 0 Å². The molecule has 0 radical (unpaired) electrons. The van der Waals surface area contributed by atoms with Gasteiger partial charge in [0.2, 0.25) is 5.91 Å². The first-order valence-corrected chi connectivity index (χ1v) is 9.92. The number of nitrogens with zero attached hydrogens (tertiary/aromatic N) is 1. The summed E-state index contributed by atoms with van der Waals surface area (Å²) in [5.74, 6) is -0.447. The van der Waals surface area contributed by atoms with Crippen LogP contribution in [0.15, 0.2) is 72.8 Å². The van der Waals surface area contributed by atoms with Crippen molar-refractivity contribution in [3.63, 3.8) is 0 Å². The average Bonchev–Trinajstić information content (AvgIpc) is 3.12. The number of non-ortho nitro benzene ring substituents is 1. The molecule has 0 saturated heterocycles. The predicted octanol–water partition coefficient (Wildman–Crippen LogP) is 4.16. The minimum absolute atomic E-state index is 0.0903. The topological polar surface area (TPSA) is 113 Å². The average molecular weight is 428 g/mol. The van der Waals surface area contributed by atoms with Crippen molar-refractivity contribution in [1.82, 2.24) is 5.32 Å². The van der Waals surface area contributed by atoms with E-state index in [0.717, 1.165) is 16.8 Å². The Balaban J connectivity index is 1.77. The summed E-state index contributed by atoms with van der Waals surface area (Å²) in [4.78, 5) is 34.8. The van der Waals surface area contributed by atoms with E-state index in [0.29, 0.717) is 29.1 Å². The lowest BCUT2D eigenvalue weighted by atomic mass is 9.99. The number of carbonyl (C=O) groups excluding carboxylic acids is 2. The van der Waals surface area contributed by atoms with Crippen LogP contribution in [-0.4, -0.2) is 16.7 Å². The third-order valence-corrected chi connectivity index (χ3v) is 5.04. The number of anilines is 2. The maximum atomic E-state index is 12.9. The first-order chi connectivity index (χ1) is 15.4. The second-order valence-corrected chi connectivity index (χ2v) is 7.29. The number of nitro groups is 1. The van der Waals surface area contributed by atoms with Gasteiger partial charge in [0, 0.05) is 42.5 Å². The number of benzene rings is 3. The molecule has 0 unspecified atom stereocenters. The number of rotatable bonds is 6. The molecular formula is C24H20N4O4. The van der Waals surface area contributed by atoms with Gasteiger partial charge < -0.3 is 16.0 Å². The molecule has 8 nitrogen and oxygen atoms in total. The van der Waals surface area contributed by atoms with Crippen molar-refractivity contribution in [2.24, 2.45) is 0 Å². The minimum atomic E-state index is -0.482. The SMILES string of the molecule is CC(=O)NCc1ccc(N/C(=C2\C(=O)Nc3ccc([N+](=O)[O-])cc32)c2ccccc2)cc1. The van der Waals surface area contributed by atoms with Gasteiger partial charge in [-0.05, 0) is 29.3 Å². The van der Waals surface area contributed by atoms with E-state index in [2.05, 4.69) is 16.0 Å². The standard InChI is InChI=1S/C24H20N4O4/c1-15(29)25-14-16-7-9-18(10-8-16)26-23(17-5-3-2-4-6-17)22-20-13-19(28(31)32)11-12-21(20)27-24(22)30/h2-13,26H,14H2,1H3,(H,25,29)(H,27,30)/b23-22-. The van der Waals surface area contributed by atoms with Crippen LogP contribution in [0.4, 0.5) is 17.1 Å². The summed E-state index contributed by atoms with van der Waals surface area (Å²) in [6.45, 7) is 1.88. The van der Waals surface area contributed by atoms with E-state index in [9.17, 15) is 19.7 Å². The van der Waals surface area contributed by atoms with Crippen LogP contribution in [0.25, 0.3) is 11.3 Å². The van der Waals surface area contributed by atoms with E-state index >= 15 is 0 Å². The lowest BCUT2D eigenvalue weighted by Crippen LogP contribution is -2.18. The second kappa shape index (κ2) is 8.73. The zero-order valence-electron chi connectivity index (χ0n) is 17.2. The lowest BCUT2D eigenvalue weighted by molar-refractivity contribution is -0.384. The van der Waals surface area contributed by atoms with Gasteiger partial charge in [-0.1, -0.05) is 42.5 Å². The number of nitro benzene ring substituents is 1. The van der Waals surface area contributed by atoms with Gasteiger partial charge in [0.05, 0.1) is 16.2 Å². The van der Waals surface area contributed by atoms with Gasteiger partial charge in [0.25, 0.3) is 11.6 Å². The molecule has 32 heavy (non-hydrogen) atoms. The molecule has 4 rings (SSSR count). The van der Waals surface area contributed by atoms with Gasteiger partial charge in [0.1, 0.15) is 0 Å². The van der Waals surface area contributed by atoms with Crippen molar-refractivity contribution < 1.29 is 14.5 Å². The molecule has 2 amide bonds. The molecule has 0 aliphatic carbocycles. The van der Waals surface area contributed by atoms with E-state index in [1.54, 1.807) is 0 Å². The second-order valence-electron chi connectivity index (χ2n) is 7.29. The molecule has 1 aliphatic rings. The van der Waals surface area contributed by atoms with Crippen LogP contribution in [0.2, 0.25) is 0 Å². The molecule has 0 fully saturated rings. The van der Waals surface area contributed by atoms with E-state index < -0.39 is 4.92 Å². The molecule has 0 saturated carbocycles. The van der Waals surface area contributed by atoms with Crippen molar-refractivity contribution in [2.45, 2.75) is 13.5 Å². The van der Waals surface area contributed by atoms with E-state index in [1.807, 2.05) is 54.6 Å². The number of amides is 2. The molecule has 3 aromatic rings.